The number of carbonyl (C=O) groups is 1. The van der Waals surface area contributed by atoms with Crippen LogP contribution in [0.15, 0.2) is 48.8 Å². The van der Waals surface area contributed by atoms with E-state index >= 15 is 8.78 Å². The average molecular weight is 648 g/mol. The highest BCUT2D eigenvalue weighted by Gasteiger charge is 2.58. The molecule has 3 aromatic rings. The molecule has 3 heterocycles. The molecule has 1 aromatic heterocycles. The fourth-order valence-electron chi connectivity index (χ4n) is 6.74. The molecule has 1 saturated heterocycles. The molecule has 1 aliphatic carbocycles. The largest absolute Gasteiger partial charge is 0.393 e. The van der Waals surface area contributed by atoms with Gasteiger partial charge in [-0.2, -0.15) is 0 Å². The van der Waals surface area contributed by atoms with Crippen LogP contribution in [0, 0.1) is 5.82 Å². The fourth-order valence-corrected chi connectivity index (χ4v) is 6.96. The molecule has 1 amide bonds. The summed E-state index contributed by atoms with van der Waals surface area (Å²) in [5, 5.41) is 22.7. The molecule has 0 spiro atoms. The summed E-state index contributed by atoms with van der Waals surface area (Å²) in [6.07, 6.45) is 2.36. The first-order valence-electron chi connectivity index (χ1n) is 14.7. The van der Waals surface area contributed by atoms with Crippen LogP contribution in [0.4, 0.5) is 8.78 Å². The van der Waals surface area contributed by atoms with Crippen molar-refractivity contribution in [3.05, 3.63) is 92.7 Å². The molecule has 2 aliphatic heterocycles. The van der Waals surface area contributed by atoms with Crippen LogP contribution in [-0.2, 0) is 22.6 Å². The van der Waals surface area contributed by atoms with Gasteiger partial charge in [0.2, 0.25) is 5.72 Å². The van der Waals surface area contributed by atoms with Crippen molar-refractivity contribution in [2.45, 2.75) is 74.8 Å². The number of likely N-dealkylation sites (tertiary alicyclic amines) is 1. The van der Waals surface area contributed by atoms with Gasteiger partial charge in [-0.25, -0.2) is 18.7 Å². The minimum absolute atomic E-state index is 0.00896. The van der Waals surface area contributed by atoms with Gasteiger partial charge in [0.25, 0.3) is 5.91 Å². The van der Waals surface area contributed by atoms with Gasteiger partial charge in [-0.1, -0.05) is 42.3 Å². The van der Waals surface area contributed by atoms with E-state index in [1.807, 2.05) is 11.9 Å². The first kappa shape index (κ1) is 31.3. The van der Waals surface area contributed by atoms with Crippen molar-refractivity contribution in [2.24, 2.45) is 0 Å². The monoisotopic (exact) mass is 646 g/mol. The zero-order chi connectivity index (χ0) is 31.4. The molecular weight excluding hydrogens is 613 g/mol. The lowest BCUT2D eigenvalue weighted by Gasteiger charge is -2.46. The zero-order valence-corrected chi connectivity index (χ0v) is 26.0. The SMILES string of the molecule is CCC(O)(c1cc(F)c2c(c1)C(=O)N(Cc1ncc(Cl)cn1)[C@@]2(OC1CC(O)C1)c1ccc(Cl)cc1)C1(F)CCN(C)CC1. The van der Waals surface area contributed by atoms with Crippen molar-refractivity contribution < 1.29 is 28.5 Å². The minimum Gasteiger partial charge on any atom is -0.393 e. The molecule has 2 aromatic carbocycles. The first-order chi connectivity index (χ1) is 20.9. The van der Waals surface area contributed by atoms with Gasteiger partial charge in [-0.15, -0.1) is 0 Å². The summed E-state index contributed by atoms with van der Waals surface area (Å²) in [6.45, 7) is 2.33. The maximum atomic E-state index is 16.8. The number of aromatic nitrogens is 2. The third kappa shape index (κ3) is 5.09. The number of aliphatic hydroxyl groups is 2. The topological polar surface area (TPSA) is 99.0 Å². The van der Waals surface area contributed by atoms with Gasteiger partial charge in [-0.3, -0.25) is 9.69 Å². The Morgan fingerprint density at radius 2 is 1.73 bits per heavy atom. The summed E-state index contributed by atoms with van der Waals surface area (Å²) in [4.78, 5) is 26.3. The van der Waals surface area contributed by atoms with E-state index in [-0.39, 0.29) is 61.2 Å². The van der Waals surface area contributed by atoms with E-state index in [9.17, 15) is 15.0 Å². The van der Waals surface area contributed by atoms with Crippen molar-refractivity contribution in [2.75, 3.05) is 20.1 Å². The number of fused-ring (bicyclic) bond motifs is 1. The summed E-state index contributed by atoms with van der Waals surface area (Å²) >= 11 is 12.2. The second-order valence-corrected chi connectivity index (χ2v) is 13.0. The molecule has 0 bridgehead atoms. The Hall–Kier alpha value is -2.73. The number of nitrogens with zero attached hydrogens (tertiary/aromatic N) is 4. The van der Waals surface area contributed by atoms with Crippen molar-refractivity contribution in [3.63, 3.8) is 0 Å². The van der Waals surface area contributed by atoms with Crippen LogP contribution in [0.25, 0.3) is 0 Å². The fraction of sp³-hybridized carbons (Fsp3) is 0.469. The van der Waals surface area contributed by atoms with Gasteiger partial charge in [-0.05, 0) is 69.0 Å². The van der Waals surface area contributed by atoms with Gasteiger partial charge in [0.15, 0.2) is 0 Å². The van der Waals surface area contributed by atoms with Crippen molar-refractivity contribution >= 4 is 29.1 Å². The number of halogens is 4. The summed E-state index contributed by atoms with van der Waals surface area (Å²) in [5.74, 6) is -1.21. The summed E-state index contributed by atoms with van der Waals surface area (Å²) in [5.41, 5.74) is -5.60. The Kier molecular flexibility index (Phi) is 8.22. The predicted octanol–water partition coefficient (Wildman–Crippen LogP) is 5.35. The highest BCUT2D eigenvalue weighted by molar-refractivity contribution is 6.30. The Labute approximate surface area is 264 Å². The van der Waals surface area contributed by atoms with Crippen LogP contribution in [0.3, 0.4) is 0 Å². The molecule has 1 unspecified atom stereocenters. The standard InChI is InChI=1S/C32H34Cl2F2N4O4/c1-3-31(43,30(36)8-10-39(2)11-9-30)20-12-25-28(26(35)13-20)32(44-24-14-23(41)15-24,19-4-6-21(33)7-5-19)40(29(25)42)18-27-37-16-22(34)17-38-27/h4-7,12-13,16-17,23-24,41,43H,3,8-11,14-15,18H2,1-2H3/t23?,24?,31?,32-/m1/s1. The lowest BCUT2D eigenvalue weighted by atomic mass is 9.71. The normalized spacial score (nSPS) is 26.3. The maximum absolute atomic E-state index is 16.8. The van der Waals surface area contributed by atoms with Crippen LogP contribution in [0.2, 0.25) is 10.0 Å². The molecular formula is C32H34Cl2F2N4O4. The quantitative estimate of drug-likeness (QED) is 0.340. The van der Waals surface area contributed by atoms with Gasteiger partial charge < -0.3 is 19.8 Å². The summed E-state index contributed by atoms with van der Waals surface area (Å²) in [7, 11) is 1.88. The van der Waals surface area contributed by atoms with E-state index in [1.54, 1.807) is 31.2 Å². The smallest absolute Gasteiger partial charge is 0.257 e. The number of aliphatic hydroxyl groups excluding tert-OH is 1. The Bertz CT molecular complexity index is 1550. The molecule has 234 valence electrons. The lowest BCUT2D eigenvalue weighted by Crippen LogP contribution is -2.54. The number of carbonyl (C=O) groups excluding carboxylic acids is 1. The number of amides is 1. The maximum Gasteiger partial charge on any atom is 0.257 e. The van der Waals surface area contributed by atoms with Gasteiger partial charge in [0.1, 0.15) is 22.9 Å². The second kappa shape index (κ2) is 11.6. The number of benzene rings is 2. The number of rotatable bonds is 8. The van der Waals surface area contributed by atoms with Crippen LogP contribution in [0.1, 0.15) is 71.9 Å². The van der Waals surface area contributed by atoms with Gasteiger partial charge in [0, 0.05) is 36.1 Å². The van der Waals surface area contributed by atoms with Crippen molar-refractivity contribution in [1.82, 2.24) is 19.8 Å². The van der Waals surface area contributed by atoms with E-state index in [2.05, 4.69) is 9.97 Å². The first-order valence-corrected chi connectivity index (χ1v) is 15.5. The molecule has 2 atom stereocenters. The van der Waals surface area contributed by atoms with Crippen LogP contribution < -0.4 is 0 Å². The number of piperidine rings is 1. The highest BCUT2D eigenvalue weighted by Crippen LogP contribution is 2.52. The third-order valence-corrected chi connectivity index (χ3v) is 9.86. The molecule has 8 nitrogen and oxygen atoms in total. The van der Waals surface area contributed by atoms with Crippen molar-refractivity contribution in [1.29, 1.82) is 0 Å². The highest BCUT2D eigenvalue weighted by atomic mass is 35.5. The molecule has 44 heavy (non-hydrogen) atoms. The number of alkyl halides is 1. The molecule has 12 heteroatoms. The molecule has 0 radical (unpaired) electrons. The van der Waals surface area contributed by atoms with Crippen LogP contribution in [0.5, 0.6) is 0 Å². The second-order valence-electron chi connectivity index (χ2n) is 12.1. The van der Waals surface area contributed by atoms with Gasteiger partial charge >= 0.3 is 0 Å². The Morgan fingerprint density at radius 1 is 1.09 bits per heavy atom. The van der Waals surface area contributed by atoms with E-state index < -0.39 is 40.9 Å². The van der Waals surface area contributed by atoms with E-state index in [0.29, 0.717) is 28.7 Å². The van der Waals surface area contributed by atoms with Crippen LogP contribution in [-0.4, -0.2) is 73.9 Å². The van der Waals surface area contributed by atoms with Gasteiger partial charge in [0.05, 0.1) is 34.9 Å². The number of ether oxygens (including phenoxy) is 1. The molecule has 1 saturated carbocycles. The molecule has 3 aliphatic rings. The predicted molar refractivity (Wildman–Crippen MR) is 160 cm³/mol. The summed E-state index contributed by atoms with van der Waals surface area (Å²) < 4.78 is 40.0. The van der Waals surface area contributed by atoms with Crippen molar-refractivity contribution in [3.8, 4) is 0 Å². The van der Waals surface area contributed by atoms with E-state index in [4.69, 9.17) is 27.9 Å². The van der Waals surface area contributed by atoms with E-state index in [1.165, 1.54) is 23.4 Å². The van der Waals surface area contributed by atoms with E-state index in [0.717, 1.165) is 6.07 Å². The number of hydrogen-bond donors (Lipinski definition) is 2. The molecule has 6 rings (SSSR count). The molecule has 2 fully saturated rings. The summed E-state index contributed by atoms with van der Waals surface area (Å²) in [6, 6.07) is 9.07. The van der Waals surface area contributed by atoms with Crippen LogP contribution >= 0.6 is 23.2 Å². The minimum atomic E-state index is -2.04. The Balaban J connectivity index is 1.55. The third-order valence-electron chi connectivity index (χ3n) is 9.41. The Morgan fingerprint density at radius 3 is 2.32 bits per heavy atom. The molecule has 2 N–H and O–H groups in total. The number of hydrogen-bond acceptors (Lipinski definition) is 7. The zero-order valence-electron chi connectivity index (χ0n) is 24.4. The lowest BCUT2D eigenvalue weighted by molar-refractivity contribution is -0.191. The average Bonchev–Trinajstić information content (AvgIpc) is 3.22.